The summed E-state index contributed by atoms with van der Waals surface area (Å²) in [6, 6.07) is 1.25. The van der Waals surface area contributed by atoms with Crippen LogP contribution in [0.25, 0.3) is 10.2 Å². The van der Waals surface area contributed by atoms with E-state index in [0.717, 1.165) is 0 Å². The predicted molar refractivity (Wildman–Crippen MR) is 69.4 cm³/mol. The summed E-state index contributed by atoms with van der Waals surface area (Å²) in [6.45, 7) is 0.256. The monoisotopic (exact) mass is 273 g/mol. The molecule has 2 rings (SSSR count). The third kappa shape index (κ3) is 2.55. The van der Waals surface area contributed by atoms with Crippen molar-refractivity contribution in [2.45, 2.75) is 6.42 Å². The maximum absolute atomic E-state index is 13.9. The zero-order valence-corrected chi connectivity index (χ0v) is 10.3. The fourth-order valence-electron chi connectivity index (χ4n) is 1.40. The molecule has 1 aromatic heterocycles. The van der Waals surface area contributed by atoms with Crippen LogP contribution in [-0.2, 0) is 0 Å². The van der Waals surface area contributed by atoms with Crippen LogP contribution >= 0.6 is 24.0 Å². The minimum atomic E-state index is -0.688. The Morgan fingerprint density at radius 1 is 1.53 bits per heavy atom. The highest BCUT2D eigenvalue weighted by atomic mass is 32.1. The van der Waals surface area contributed by atoms with Gasteiger partial charge in [-0.1, -0.05) is 0 Å². The van der Waals surface area contributed by atoms with Crippen LogP contribution in [0.1, 0.15) is 6.42 Å². The van der Waals surface area contributed by atoms with E-state index in [1.165, 1.54) is 22.9 Å². The van der Waals surface area contributed by atoms with E-state index in [9.17, 15) is 8.78 Å². The van der Waals surface area contributed by atoms with E-state index in [-0.39, 0.29) is 22.8 Å². The number of rotatable bonds is 4. The third-order valence-electron chi connectivity index (χ3n) is 2.18. The number of fused-ring (bicyclic) bond motifs is 1. The Bertz CT molecular complexity index is 568. The van der Waals surface area contributed by atoms with Gasteiger partial charge >= 0.3 is 0 Å². The highest BCUT2D eigenvalue weighted by Crippen LogP contribution is 2.29. The molecular weight excluding hydrogens is 264 g/mol. The molecule has 0 aliphatic heterocycles. The van der Waals surface area contributed by atoms with Crippen LogP contribution in [0.3, 0.4) is 0 Å². The second kappa shape index (κ2) is 4.97. The van der Waals surface area contributed by atoms with Gasteiger partial charge in [0.25, 0.3) is 0 Å². The summed E-state index contributed by atoms with van der Waals surface area (Å²) in [6.07, 6.45) is 0.317. The van der Waals surface area contributed by atoms with Crippen LogP contribution in [-0.4, -0.2) is 16.6 Å². The largest absolute Gasteiger partial charge is 0.380 e. The summed E-state index contributed by atoms with van der Waals surface area (Å²) >= 11 is 4.98. The number of nitrogens with one attached hydrogen (secondary N) is 2. The van der Waals surface area contributed by atoms with Crippen molar-refractivity contribution in [2.24, 2.45) is 0 Å². The van der Waals surface area contributed by atoms with Crippen LogP contribution in [0.4, 0.5) is 14.5 Å². The summed E-state index contributed by atoms with van der Waals surface area (Å²) < 4.78 is 27.9. The Hall–Kier alpha value is -1.21. The first-order chi connectivity index (χ1) is 8.09. The lowest BCUT2D eigenvalue weighted by atomic mass is 10.2. The summed E-state index contributed by atoms with van der Waals surface area (Å²) in [5.74, 6) is -1.34. The van der Waals surface area contributed by atoms with E-state index < -0.39 is 11.6 Å². The summed E-state index contributed by atoms with van der Waals surface area (Å²) in [5.41, 5.74) is 1.44. The fraction of sp³-hybridized carbons (Fsp3) is 0.200. The fourth-order valence-corrected chi connectivity index (χ4v) is 2.21. The van der Waals surface area contributed by atoms with E-state index in [2.05, 4.69) is 22.9 Å². The SMILES string of the molecule is N=C(S)CCNc1c(F)cc2scnc2c1F. The summed E-state index contributed by atoms with van der Waals surface area (Å²) in [7, 11) is 0. The second-order valence-corrected chi connectivity index (χ2v) is 4.80. The van der Waals surface area contributed by atoms with Gasteiger partial charge in [-0.05, 0) is 6.07 Å². The summed E-state index contributed by atoms with van der Waals surface area (Å²) in [5, 5.41) is 9.88. The molecule has 0 fully saturated rings. The molecule has 1 heterocycles. The Balaban J connectivity index is 2.29. The lowest BCUT2D eigenvalue weighted by molar-refractivity contribution is 0.596. The highest BCUT2D eigenvalue weighted by molar-refractivity contribution is 7.96. The van der Waals surface area contributed by atoms with Gasteiger partial charge in [-0.15, -0.1) is 24.0 Å². The van der Waals surface area contributed by atoms with Crippen molar-refractivity contribution in [3.8, 4) is 0 Å². The van der Waals surface area contributed by atoms with Crippen molar-refractivity contribution in [1.82, 2.24) is 4.98 Å². The van der Waals surface area contributed by atoms with E-state index in [0.29, 0.717) is 11.1 Å². The second-order valence-electron chi connectivity index (χ2n) is 3.37. The summed E-state index contributed by atoms with van der Waals surface area (Å²) in [4.78, 5) is 3.84. The first-order valence-electron chi connectivity index (χ1n) is 4.81. The number of benzene rings is 1. The van der Waals surface area contributed by atoms with Gasteiger partial charge < -0.3 is 5.32 Å². The molecule has 2 N–H and O–H groups in total. The van der Waals surface area contributed by atoms with Crippen molar-refractivity contribution in [2.75, 3.05) is 11.9 Å². The van der Waals surface area contributed by atoms with Crippen LogP contribution in [0.5, 0.6) is 0 Å². The third-order valence-corrected chi connectivity index (χ3v) is 3.18. The topological polar surface area (TPSA) is 48.8 Å². The standard InChI is InChI=1S/C10H9F2N3S2/c11-5-3-6-10(15-4-17-6)8(12)9(5)14-2-1-7(13)16/h3-4,14H,1-2H2,(H2,13,16). The number of aromatic nitrogens is 1. The molecule has 0 aliphatic rings. The average Bonchev–Trinajstić information content (AvgIpc) is 2.70. The molecule has 3 nitrogen and oxygen atoms in total. The first-order valence-corrected chi connectivity index (χ1v) is 6.13. The van der Waals surface area contributed by atoms with Crippen LogP contribution in [0, 0.1) is 17.0 Å². The Morgan fingerprint density at radius 2 is 2.29 bits per heavy atom. The van der Waals surface area contributed by atoms with Gasteiger partial charge in [0, 0.05) is 13.0 Å². The van der Waals surface area contributed by atoms with Gasteiger partial charge in [0.05, 0.1) is 15.3 Å². The molecule has 2 aromatic rings. The number of hydrogen-bond acceptors (Lipinski definition) is 4. The number of nitrogens with zero attached hydrogens (tertiary/aromatic N) is 1. The number of thiazole rings is 1. The number of thiol groups is 1. The average molecular weight is 273 g/mol. The molecule has 1 aromatic carbocycles. The van der Waals surface area contributed by atoms with E-state index >= 15 is 0 Å². The minimum Gasteiger partial charge on any atom is -0.380 e. The molecule has 0 bridgehead atoms. The zero-order chi connectivity index (χ0) is 12.4. The Kier molecular flexibility index (Phi) is 3.58. The van der Waals surface area contributed by atoms with E-state index in [4.69, 9.17) is 5.41 Å². The van der Waals surface area contributed by atoms with Gasteiger partial charge in [-0.25, -0.2) is 13.8 Å². The van der Waals surface area contributed by atoms with E-state index in [1.807, 2.05) is 0 Å². The molecule has 0 atom stereocenters. The number of anilines is 1. The van der Waals surface area contributed by atoms with Crippen molar-refractivity contribution in [3.63, 3.8) is 0 Å². The molecular formula is C10H9F2N3S2. The molecule has 0 amide bonds. The van der Waals surface area contributed by atoms with Gasteiger partial charge in [0.2, 0.25) is 0 Å². The predicted octanol–water partition coefficient (Wildman–Crippen LogP) is 3.28. The van der Waals surface area contributed by atoms with Crippen molar-refractivity contribution in [3.05, 3.63) is 23.2 Å². The lowest BCUT2D eigenvalue weighted by Crippen LogP contribution is -2.08. The molecule has 0 saturated heterocycles. The van der Waals surface area contributed by atoms with Crippen LogP contribution < -0.4 is 5.32 Å². The van der Waals surface area contributed by atoms with Gasteiger partial charge in [0.1, 0.15) is 11.2 Å². The molecule has 0 unspecified atom stereocenters. The molecule has 7 heteroatoms. The molecule has 0 aliphatic carbocycles. The van der Waals surface area contributed by atoms with Crippen molar-refractivity contribution in [1.29, 1.82) is 5.41 Å². The molecule has 0 radical (unpaired) electrons. The quantitative estimate of drug-likeness (QED) is 0.455. The maximum Gasteiger partial charge on any atom is 0.176 e. The van der Waals surface area contributed by atoms with Crippen LogP contribution in [0.15, 0.2) is 11.6 Å². The zero-order valence-electron chi connectivity index (χ0n) is 8.63. The van der Waals surface area contributed by atoms with Gasteiger partial charge in [-0.2, -0.15) is 0 Å². The smallest absolute Gasteiger partial charge is 0.176 e. The van der Waals surface area contributed by atoms with Gasteiger partial charge in [0.15, 0.2) is 11.6 Å². The van der Waals surface area contributed by atoms with Crippen LogP contribution in [0.2, 0.25) is 0 Å². The molecule has 17 heavy (non-hydrogen) atoms. The molecule has 0 spiro atoms. The van der Waals surface area contributed by atoms with E-state index in [1.54, 1.807) is 0 Å². The Labute approximate surface area is 106 Å². The lowest BCUT2D eigenvalue weighted by Gasteiger charge is -2.08. The first kappa shape index (κ1) is 12.3. The molecule has 0 saturated carbocycles. The molecule has 90 valence electrons. The Morgan fingerprint density at radius 3 is 3.00 bits per heavy atom. The van der Waals surface area contributed by atoms with Crippen molar-refractivity contribution >= 4 is 44.9 Å². The highest BCUT2D eigenvalue weighted by Gasteiger charge is 2.15. The normalized spacial score (nSPS) is 10.8. The van der Waals surface area contributed by atoms with Gasteiger partial charge in [-0.3, -0.25) is 5.41 Å². The number of halogens is 2. The maximum atomic E-state index is 13.9. The number of hydrogen-bond donors (Lipinski definition) is 3. The minimum absolute atomic E-state index is 0.160. The van der Waals surface area contributed by atoms with Crippen molar-refractivity contribution < 1.29 is 8.78 Å².